The molecule has 6 nitrogen and oxygen atoms in total. The number of hydrogen-bond acceptors (Lipinski definition) is 4. The van der Waals surface area contributed by atoms with Crippen LogP contribution in [-0.4, -0.2) is 47.0 Å². The molecule has 0 atom stereocenters. The van der Waals surface area contributed by atoms with Gasteiger partial charge < -0.3 is 20.9 Å². The molecule has 0 aliphatic heterocycles. The lowest BCUT2D eigenvalue weighted by Crippen LogP contribution is -2.28. The summed E-state index contributed by atoms with van der Waals surface area (Å²) >= 11 is 0. The second-order valence-corrected chi connectivity index (χ2v) is 6.19. The fourth-order valence-corrected chi connectivity index (χ4v) is 3.04. The number of carbonyl (C=O) groups excluding carboxylic acids is 1. The van der Waals surface area contributed by atoms with Crippen LogP contribution in [0.25, 0.3) is 22.4 Å². The van der Waals surface area contributed by atoms with E-state index in [2.05, 4.69) is 40.1 Å². The number of amides is 1. The van der Waals surface area contributed by atoms with Crippen LogP contribution in [0.15, 0.2) is 42.5 Å². The molecule has 136 valence electrons. The van der Waals surface area contributed by atoms with E-state index >= 15 is 0 Å². The van der Waals surface area contributed by atoms with Gasteiger partial charge in [-0.3, -0.25) is 4.79 Å². The van der Waals surface area contributed by atoms with E-state index in [4.69, 9.17) is 5.73 Å². The third-order valence-electron chi connectivity index (χ3n) is 4.57. The van der Waals surface area contributed by atoms with Gasteiger partial charge in [-0.25, -0.2) is 4.98 Å². The van der Waals surface area contributed by atoms with Gasteiger partial charge in [0.2, 0.25) is 0 Å². The van der Waals surface area contributed by atoms with Gasteiger partial charge in [0, 0.05) is 24.3 Å². The number of H-pyrrole nitrogens is 1. The minimum absolute atomic E-state index is 0.429. The highest BCUT2D eigenvalue weighted by atomic mass is 16.1. The molecule has 2 aromatic carbocycles. The highest BCUT2D eigenvalue weighted by molar-refractivity contribution is 6.04. The molecule has 0 bridgehead atoms. The number of anilines is 1. The Morgan fingerprint density at radius 1 is 1.19 bits per heavy atom. The van der Waals surface area contributed by atoms with Crippen LogP contribution in [0, 0.1) is 0 Å². The molecule has 26 heavy (non-hydrogen) atoms. The molecule has 0 radical (unpaired) electrons. The largest absolute Gasteiger partial charge is 0.384 e. The van der Waals surface area contributed by atoms with E-state index in [0.717, 1.165) is 48.8 Å². The number of carbonyl (C=O) groups is 1. The van der Waals surface area contributed by atoms with Gasteiger partial charge in [0.25, 0.3) is 5.91 Å². The molecular weight excluding hydrogens is 326 g/mol. The highest BCUT2D eigenvalue weighted by Crippen LogP contribution is 2.24. The van der Waals surface area contributed by atoms with Crippen molar-refractivity contribution in [2.24, 2.45) is 5.73 Å². The van der Waals surface area contributed by atoms with Gasteiger partial charge in [0.15, 0.2) is 0 Å². The first-order valence-electron chi connectivity index (χ1n) is 8.97. The molecule has 0 unspecified atom stereocenters. The predicted octanol–water partition coefficient (Wildman–Crippen LogP) is 3.08. The SMILES string of the molecule is CCN(CC)CCNc1cccc(-c2nc3c(C(N)=O)cccc3[nH]2)c1. The van der Waals surface area contributed by atoms with Crippen molar-refractivity contribution in [3.63, 3.8) is 0 Å². The molecule has 0 fully saturated rings. The quantitative estimate of drug-likeness (QED) is 0.582. The number of rotatable bonds is 8. The lowest BCUT2D eigenvalue weighted by atomic mass is 10.2. The first-order valence-corrected chi connectivity index (χ1v) is 8.97. The third kappa shape index (κ3) is 3.86. The van der Waals surface area contributed by atoms with Crippen LogP contribution in [0.5, 0.6) is 0 Å². The van der Waals surface area contributed by atoms with Crippen molar-refractivity contribution >= 4 is 22.6 Å². The van der Waals surface area contributed by atoms with E-state index in [1.54, 1.807) is 12.1 Å². The number of nitrogens with one attached hydrogen (secondary N) is 2. The van der Waals surface area contributed by atoms with Gasteiger partial charge >= 0.3 is 0 Å². The predicted molar refractivity (Wildman–Crippen MR) is 106 cm³/mol. The number of imidazole rings is 1. The number of primary amides is 1. The Morgan fingerprint density at radius 3 is 2.69 bits per heavy atom. The second-order valence-electron chi connectivity index (χ2n) is 6.19. The van der Waals surface area contributed by atoms with E-state index in [9.17, 15) is 4.79 Å². The van der Waals surface area contributed by atoms with Crippen molar-refractivity contribution in [2.75, 3.05) is 31.5 Å². The Labute approximate surface area is 153 Å². The summed E-state index contributed by atoms with van der Waals surface area (Å²) in [6.07, 6.45) is 0. The Balaban J connectivity index is 1.81. The van der Waals surface area contributed by atoms with E-state index < -0.39 is 5.91 Å². The van der Waals surface area contributed by atoms with Gasteiger partial charge in [-0.15, -0.1) is 0 Å². The summed E-state index contributed by atoms with van der Waals surface area (Å²) in [5, 5.41) is 3.46. The summed E-state index contributed by atoms with van der Waals surface area (Å²) in [6, 6.07) is 13.5. The summed E-state index contributed by atoms with van der Waals surface area (Å²) in [4.78, 5) is 21.8. The average molecular weight is 351 g/mol. The van der Waals surface area contributed by atoms with Crippen LogP contribution >= 0.6 is 0 Å². The molecule has 0 aliphatic rings. The summed E-state index contributed by atoms with van der Waals surface area (Å²) in [6.45, 7) is 8.35. The van der Waals surface area contributed by atoms with Crippen molar-refractivity contribution in [1.82, 2.24) is 14.9 Å². The van der Waals surface area contributed by atoms with Crippen molar-refractivity contribution in [3.8, 4) is 11.4 Å². The van der Waals surface area contributed by atoms with E-state index in [1.807, 2.05) is 24.3 Å². The molecule has 1 aromatic heterocycles. The van der Waals surface area contributed by atoms with Gasteiger partial charge in [-0.1, -0.05) is 32.0 Å². The molecule has 0 saturated carbocycles. The zero-order valence-corrected chi connectivity index (χ0v) is 15.2. The van der Waals surface area contributed by atoms with E-state index in [1.165, 1.54) is 0 Å². The number of fused-ring (bicyclic) bond motifs is 1. The molecule has 0 saturated heterocycles. The minimum Gasteiger partial charge on any atom is -0.384 e. The Morgan fingerprint density at radius 2 is 1.96 bits per heavy atom. The molecule has 6 heteroatoms. The smallest absolute Gasteiger partial charge is 0.250 e. The number of aromatic amines is 1. The third-order valence-corrected chi connectivity index (χ3v) is 4.57. The maximum atomic E-state index is 11.6. The first kappa shape index (κ1) is 17.9. The molecule has 0 aliphatic carbocycles. The summed E-state index contributed by atoms with van der Waals surface area (Å²) in [5.41, 5.74) is 9.29. The average Bonchev–Trinajstić information content (AvgIpc) is 3.09. The van der Waals surface area contributed by atoms with Gasteiger partial charge in [-0.05, 0) is 37.4 Å². The summed E-state index contributed by atoms with van der Waals surface area (Å²) in [7, 11) is 0. The van der Waals surface area contributed by atoms with Crippen LogP contribution in [0.1, 0.15) is 24.2 Å². The molecule has 1 amide bonds. The molecule has 1 heterocycles. The number of aromatic nitrogens is 2. The number of likely N-dealkylation sites (N-methyl/N-ethyl adjacent to an activating group) is 1. The number of hydrogen-bond donors (Lipinski definition) is 3. The van der Waals surface area contributed by atoms with Crippen molar-refractivity contribution in [1.29, 1.82) is 0 Å². The molecule has 0 spiro atoms. The lowest BCUT2D eigenvalue weighted by molar-refractivity contribution is 0.100. The lowest BCUT2D eigenvalue weighted by Gasteiger charge is -2.18. The first-order chi connectivity index (χ1) is 12.6. The standard InChI is InChI=1S/C20H25N5O/c1-3-25(4-2)12-11-22-15-8-5-7-14(13-15)20-23-17-10-6-9-16(19(21)26)18(17)24-20/h5-10,13,22H,3-4,11-12H2,1-2H3,(H2,21,26)(H,23,24). The normalized spacial score (nSPS) is 11.2. The monoisotopic (exact) mass is 351 g/mol. The molecule has 3 aromatic rings. The topological polar surface area (TPSA) is 87.0 Å². The van der Waals surface area contributed by atoms with Crippen molar-refractivity contribution < 1.29 is 4.79 Å². The second kappa shape index (κ2) is 8.01. The summed E-state index contributed by atoms with van der Waals surface area (Å²) < 4.78 is 0. The van der Waals surface area contributed by atoms with Crippen LogP contribution in [-0.2, 0) is 0 Å². The number of para-hydroxylation sites is 1. The fraction of sp³-hybridized carbons (Fsp3) is 0.300. The van der Waals surface area contributed by atoms with Gasteiger partial charge in [-0.2, -0.15) is 0 Å². The van der Waals surface area contributed by atoms with Crippen molar-refractivity contribution in [3.05, 3.63) is 48.0 Å². The van der Waals surface area contributed by atoms with Crippen LogP contribution in [0.2, 0.25) is 0 Å². The van der Waals surface area contributed by atoms with Gasteiger partial charge in [0.1, 0.15) is 11.3 Å². The zero-order chi connectivity index (χ0) is 18.5. The fourth-order valence-electron chi connectivity index (χ4n) is 3.04. The van der Waals surface area contributed by atoms with E-state index in [0.29, 0.717) is 11.1 Å². The Kier molecular flexibility index (Phi) is 5.53. The maximum absolute atomic E-state index is 11.6. The zero-order valence-electron chi connectivity index (χ0n) is 15.2. The van der Waals surface area contributed by atoms with Crippen LogP contribution in [0.3, 0.4) is 0 Å². The molecule has 4 N–H and O–H groups in total. The molecular formula is C20H25N5O. The van der Waals surface area contributed by atoms with Crippen LogP contribution in [0.4, 0.5) is 5.69 Å². The van der Waals surface area contributed by atoms with Gasteiger partial charge in [0.05, 0.1) is 11.1 Å². The number of nitrogens with two attached hydrogens (primary N) is 1. The maximum Gasteiger partial charge on any atom is 0.250 e. The Bertz CT molecular complexity index is 898. The van der Waals surface area contributed by atoms with E-state index in [-0.39, 0.29) is 0 Å². The highest BCUT2D eigenvalue weighted by Gasteiger charge is 2.12. The number of nitrogens with zero attached hydrogens (tertiary/aromatic N) is 2. The van der Waals surface area contributed by atoms with Crippen molar-refractivity contribution in [2.45, 2.75) is 13.8 Å². The summed E-state index contributed by atoms with van der Waals surface area (Å²) in [5.74, 6) is 0.251. The molecule has 3 rings (SSSR count). The minimum atomic E-state index is -0.472. The number of benzene rings is 2. The van der Waals surface area contributed by atoms with Crippen LogP contribution < -0.4 is 11.1 Å². The Hall–Kier alpha value is -2.86.